The Hall–Kier alpha value is -1.49. The van der Waals surface area contributed by atoms with Crippen molar-refractivity contribution in [1.82, 2.24) is 4.90 Å². The zero-order chi connectivity index (χ0) is 13.7. The fraction of sp³-hybridized carbons (Fsp3) is 0.462. The molecule has 0 amide bonds. The third-order valence-corrected chi connectivity index (χ3v) is 2.83. The maximum absolute atomic E-state index is 13.5. The van der Waals surface area contributed by atoms with Gasteiger partial charge in [0, 0.05) is 18.7 Å². The average Bonchev–Trinajstić information content (AvgIpc) is 2.33. The summed E-state index contributed by atoms with van der Waals surface area (Å²) in [5.74, 6) is -3.18. The van der Waals surface area contributed by atoms with E-state index < -0.39 is 23.5 Å². The summed E-state index contributed by atoms with van der Waals surface area (Å²) in [5.41, 5.74) is 0.245. The third-order valence-electron chi connectivity index (χ3n) is 2.83. The molecule has 100 valence electrons. The first kappa shape index (κ1) is 14.6. The van der Waals surface area contributed by atoms with Crippen molar-refractivity contribution < 1.29 is 18.7 Å². The van der Waals surface area contributed by atoms with E-state index in [4.69, 9.17) is 5.11 Å². The van der Waals surface area contributed by atoms with E-state index in [-0.39, 0.29) is 12.1 Å². The molecule has 0 aliphatic heterocycles. The van der Waals surface area contributed by atoms with Crippen molar-refractivity contribution >= 4 is 5.97 Å². The van der Waals surface area contributed by atoms with Crippen LogP contribution in [0.3, 0.4) is 0 Å². The fourth-order valence-electron chi connectivity index (χ4n) is 1.68. The first-order valence-electron chi connectivity index (χ1n) is 5.83. The maximum atomic E-state index is 13.5. The number of rotatable bonds is 6. The lowest BCUT2D eigenvalue weighted by atomic mass is 10.1. The molecule has 1 unspecified atom stereocenters. The van der Waals surface area contributed by atoms with Crippen LogP contribution in [-0.4, -0.2) is 29.1 Å². The number of halogens is 2. The van der Waals surface area contributed by atoms with E-state index in [1.54, 1.807) is 11.8 Å². The molecule has 18 heavy (non-hydrogen) atoms. The largest absolute Gasteiger partial charge is 0.481 e. The van der Waals surface area contributed by atoms with E-state index in [1.165, 1.54) is 12.1 Å². The second-order valence-corrected chi connectivity index (χ2v) is 4.28. The summed E-state index contributed by atoms with van der Waals surface area (Å²) < 4.78 is 26.5. The molecule has 0 aliphatic carbocycles. The van der Waals surface area contributed by atoms with Crippen molar-refractivity contribution in [3.05, 3.63) is 35.4 Å². The highest BCUT2D eigenvalue weighted by Gasteiger charge is 2.17. The van der Waals surface area contributed by atoms with Crippen LogP contribution in [0.2, 0.25) is 0 Å². The van der Waals surface area contributed by atoms with Gasteiger partial charge < -0.3 is 5.11 Å². The van der Waals surface area contributed by atoms with Crippen LogP contribution in [0.1, 0.15) is 19.4 Å². The lowest BCUT2D eigenvalue weighted by Gasteiger charge is -2.22. The Morgan fingerprint density at radius 2 is 2.11 bits per heavy atom. The zero-order valence-electron chi connectivity index (χ0n) is 10.5. The molecule has 1 rings (SSSR count). The van der Waals surface area contributed by atoms with Gasteiger partial charge in [-0.2, -0.15) is 0 Å². The van der Waals surface area contributed by atoms with Gasteiger partial charge >= 0.3 is 5.97 Å². The summed E-state index contributed by atoms with van der Waals surface area (Å²) in [6.45, 7) is 4.53. The monoisotopic (exact) mass is 257 g/mol. The second kappa shape index (κ2) is 6.44. The minimum atomic E-state index is -0.895. The SMILES string of the molecule is CCN(Cc1cccc(F)c1F)CC(C)C(=O)O. The van der Waals surface area contributed by atoms with Gasteiger partial charge in [0.2, 0.25) is 0 Å². The second-order valence-electron chi connectivity index (χ2n) is 4.28. The summed E-state index contributed by atoms with van der Waals surface area (Å²) in [6.07, 6.45) is 0. The molecule has 0 heterocycles. The minimum Gasteiger partial charge on any atom is -0.481 e. The van der Waals surface area contributed by atoms with Gasteiger partial charge in [0.05, 0.1) is 5.92 Å². The predicted octanol–water partition coefficient (Wildman–Crippen LogP) is 2.51. The molecule has 1 aromatic carbocycles. The van der Waals surface area contributed by atoms with Crippen LogP contribution in [0, 0.1) is 17.6 Å². The molecule has 0 fully saturated rings. The first-order chi connectivity index (χ1) is 8.45. The number of carboxylic acids is 1. The van der Waals surface area contributed by atoms with E-state index in [9.17, 15) is 13.6 Å². The predicted molar refractivity (Wildman–Crippen MR) is 64.1 cm³/mol. The minimum absolute atomic E-state index is 0.206. The molecule has 0 aromatic heterocycles. The number of aliphatic carboxylic acids is 1. The summed E-state index contributed by atoms with van der Waals surface area (Å²) in [4.78, 5) is 12.5. The maximum Gasteiger partial charge on any atom is 0.307 e. The van der Waals surface area contributed by atoms with Crippen molar-refractivity contribution in [2.75, 3.05) is 13.1 Å². The molecule has 0 aliphatic rings. The van der Waals surface area contributed by atoms with Crippen LogP contribution in [0.15, 0.2) is 18.2 Å². The van der Waals surface area contributed by atoms with E-state index in [0.717, 1.165) is 6.07 Å². The van der Waals surface area contributed by atoms with Crippen LogP contribution in [0.25, 0.3) is 0 Å². The molecule has 0 bridgehead atoms. The van der Waals surface area contributed by atoms with Gasteiger partial charge in [-0.3, -0.25) is 9.69 Å². The number of carbonyl (C=O) groups is 1. The molecule has 0 radical (unpaired) electrons. The summed E-state index contributed by atoms with van der Waals surface area (Å²) >= 11 is 0. The average molecular weight is 257 g/mol. The smallest absolute Gasteiger partial charge is 0.307 e. The van der Waals surface area contributed by atoms with E-state index in [1.807, 2.05) is 6.92 Å². The van der Waals surface area contributed by atoms with Crippen molar-refractivity contribution in [2.45, 2.75) is 20.4 Å². The molecular formula is C13H17F2NO2. The topological polar surface area (TPSA) is 40.5 Å². The summed E-state index contributed by atoms with van der Waals surface area (Å²) in [5, 5.41) is 8.83. The Morgan fingerprint density at radius 3 is 2.67 bits per heavy atom. The highest BCUT2D eigenvalue weighted by atomic mass is 19.2. The van der Waals surface area contributed by atoms with Crippen LogP contribution in [-0.2, 0) is 11.3 Å². The molecular weight excluding hydrogens is 240 g/mol. The Balaban J connectivity index is 2.74. The number of hydrogen-bond donors (Lipinski definition) is 1. The standard InChI is InChI=1S/C13H17F2NO2/c1-3-16(7-9(2)13(17)18)8-10-5-4-6-11(14)12(10)15/h4-6,9H,3,7-8H2,1-2H3,(H,17,18). The Labute approximate surface area is 105 Å². The Kier molecular flexibility index (Phi) is 5.22. The molecule has 1 N–H and O–H groups in total. The summed E-state index contributed by atoms with van der Waals surface area (Å²) in [7, 11) is 0. The molecule has 3 nitrogen and oxygen atoms in total. The van der Waals surface area contributed by atoms with Crippen molar-refractivity contribution in [3.8, 4) is 0 Å². The van der Waals surface area contributed by atoms with Gasteiger partial charge in [-0.05, 0) is 12.6 Å². The molecule has 0 saturated carbocycles. The Morgan fingerprint density at radius 1 is 1.44 bits per heavy atom. The van der Waals surface area contributed by atoms with Gasteiger partial charge in [0.25, 0.3) is 0 Å². The van der Waals surface area contributed by atoms with Crippen molar-refractivity contribution in [1.29, 1.82) is 0 Å². The first-order valence-corrected chi connectivity index (χ1v) is 5.83. The Bertz CT molecular complexity index is 423. The quantitative estimate of drug-likeness (QED) is 0.851. The van der Waals surface area contributed by atoms with Crippen LogP contribution < -0.4 is 0 Å². The van der Waals surface area contributed by atoms with Gasteiger partial charge in [0.15, 0.2) is 11.6 Å². The van der Waals surface area contributed by atoms with E-state index >= 15 is 0 Å². The van der Waals surface area contributed by atoms with E-state index in [0.29, 0.717) is 13.1 Å². The number of carboxylic acid groups (broad SMARTS) is 1. The normalized spacial score (nSPS) is 12.7. The lowest BCUT2D eigenvalue weighted by molar-refractivity contribution is -0.141. The zero-order valence-corrected chi connectivity index (χ0v) is 10.5. The lowest BCUT2D eigenvalue weighted by Crippen LogP contribution is -2.31. The number of benzene rings is 1. The fourth-order valence-corrected chi connectivity index (χ4v) is 1.68. The van der Waals surface area contributed by atoms with Gasteiger partial charge in [-0.15, -0.1) is 0 Å². The molecule has 1 aromatic rings. The van der Waals surface area contributed by atoms with Gasteiger partial charge in [0.1, 0.15) is 0 Å². The molecule has 0 saturated heterocycles. The van der Waals surface area contributed by atoms with Crippen LogP contribution in [0.4, 0.5) is 8.78 Å². The highest BCUT2D eigenvalue weighted by molar-refractivity contribution is 5.69. The number of hydrogen-bond acceptors (Lipinski definition) is 2. The van der Waals surface area contributed by atoms with Crippen LogP contribution in [0.5, 0.6) is 0 Å². The highest BCUT2D eigenvalue weighted by Crippen LogP contribution is 2.14. The van der Waals surface area contributed by atoms with E-state index in [2.05, 4.69) is 0 Å². The molecule has 5 heteroatoms. The van der Waals surface area contributed by atoms with Crippen LogP contribution >= 0.6 is 0 Å². The summed E-state index contributed by atoms with van der Waals surface area (Å²) in [6, 6.07) is 4.02. The molecule has 0 spiro atoms. The molecule has 1 atom stereocenters. The number of nitrogens with zero attached hydrogens (tertiary/aromatic N) is 1. The third kappa shape index (κ3) is 3.77. The van der Waals surface area contributed by atoms with Crippen molar-refractivity contribution in [2.24, 2.45) is 5.92 Å². The van der Waals surface area contributed by atoms with Crippen molar-refractivity contribution in [3.63, 3.8) is 0 Å². The van der Waals surface area contributed by atoms with Gasteiger partial charge in [-0.25, -0.2) is 8.78 Å². The van der Waals surface area contributed by atoms with Gasteiger partial charge in [-0.1, -0.05) is 26.0 Å².